The molecule has 0 aromatic heterocycles. The molecule has 0 amide bonds. The maximum absolute atomic E-state index is 5.29. The molecule has 0 aliphatic rings. The minimum absolute atomic E-state index is 0.0677. The topological polar surface area (TPSA) is 9.23 Å². The van der Waals surface area contributed by atoms with Crippen LogP contribution in [0.1, 0.15) is 13.8 Å². The van der Waals surface area contributed by atoms with Gasteiger partial charge in [0.15, 0.2) is 0 Å². The van der Waals surface area contributed by atoms with E-state index < -0.39 is 0 Å². The van der Waals surface area contributed by atoms with Crippen LogP contribution in [0.3, 0.4) is 0 Å². The van der Waals surface area contributed by atoms with Gasteiger partial charge in [0.1, 0.15) is 10.5 Å². The van der Waals surface area contributed by atoms with E-state index in [9.17, 15) is 0 Å². The molecule has 0 aromatic rings. The molecule has 1 nitrogen and oxygen atoms in total. The molecule has 0 radical (unpaired) electrons. The molecule has 0 fully saturated rings. The predicted octanol–water partition coefficient (Wildman–Crippen LogP) is 1.05. The van der Waals surface area contributed by atoms with Crippen molar-refractivity contribution in [3.05, 3.63) is 25.3 Å². The third-order valence-corrected chi connectivity index (χ3v) is 2.82. The summed E-state index contributed by atoms with van der Waals surface area (Å²) in [4.78, 5) is 0. The zero-order chi connectivity index (χ0) is 8.20. The van der Waals surface area contributed by atoms with Gasteiger partial charge < -0.3 is 4.43 Å². The van der Waals surface area contributed by atoms with Gasteiger partial charge >= 0.3 is 0 Å². The van der Waals surface area contributed by atoms with E-state index in [1.165, 1.54) is 0 Å². The summed E-state index contributed by atoms with van der Waals surface area (Å²) in [5.41, 5.74) is -0.0677. The molecule has 0 saturated heterocycles. The Morgan fingerprint density at radius 3 is 2.00 bits per heavy atom. The van der Waals surface area contributed by atoms with Gasteiger partial charge in [-0.1, -0.05) is 19.1 Å². The molecular weight excluding hydrogens is 140 g/mol. The van der Waals surface area contributed by atoms with Crippen LogP contribution in [0.2, 0.25) is 0 Å². The van der Waals surface area contributed by atoms with Crippen molar-refractivity contribution in [2.45, 2.75) is 20.0 Å². The Bertz CT molecular complexity index is 123. The van der Waals surface area contributed by atoms with Gasteiger partial charge in [-0.15, -0.1) is 13.2 Å². The van der Waals surface area contributed by atoms with Crippen LogP contribution in [0.4, 0.5) is 0 Å². The van der Waals surface area contributed by atoms with E-state index in [0.717, 1.165) is 10.5 Å². The summed E-state index contributed by atoms with van der Waals surface area (Å²) >= 11 is 0. The molecule has 0 bridgehead atoms. The Morgan fingerprint density at radius 1 is 1.50 bits per heavy atom. The largest absolute Gasteiger partial charge is 0.424 e. The van der Waals surface area contributed by atoms with Gasteiger partial charge in [-0.3, -0.25) is 0 Å². The highest BCUT2D eigenvalue weighted by atomic mass is 28.2. The first-order chi connectivity index (χ1) is 4.60. The van der Waals surface area contributed by atoms with E-state index >= 15 is 0 Å². The molecule has 0 N–H and O–H groups in total. The van der Waals surface area contributed by atoms with Gasteiger partial charge in [0.05, 0.1) is 6.10 Å². The fraction of sp³-hybridized carbons (Fsp3) is 0.500. The molecule has 1 unspecified atom stereocenters. The Morgan fingerprint density at radius 2 is 1.90 bits per heavy atom. The molecule has 0 heterocycles. The fourth-order valence-electron chi connectivity index (χ4n) is 0.669. The van der Waals surface area contributed by atoms with Crippen molar-refractivity contribution >= 4 is 10.5 Å². The van der Waals surface area contributed by atoms with Crippen molar-refractivity contribution in [1.29, 1.82) is 0 Å². The summed E-state index contributed by atoms with van der Waals surface area (Å²) < 4.78 is 5.29. The van der Waals surface area contributed by atoms with Crippen LogP contribution in [-0.2, 0) is 4.43 Å². The third kappa shape index (κ3) is 1.82. The molecule has 10 heavy (non-hydrogen) atoms. The van der Waals surface area contributed by atoms with E-state index in [2.05, 4.69) is 20.1 Å². The average molecular weight is 156 g/mol. The Hall–Kier alpha value is -0.343. The van der Waals surface area contributed by atoms with Crippen molar-refractivity contribution < 1.29 is 4.43 Å². The van der Waals surface area contributed by atoms with Gasteiger partial charge in [-0.2, -0.15) is 0 Å². The van der Waals surface area contributed by atoms with E-state index in [-0.39, 0.29) is 11.5 Å². The Labute approximate surface area is 66.3 Å². The SMILES string of the molecule is C=CC(C)(C=C)C(C)O[SiH3]. The fourth-order valence-corrected chi connectivity index (χ4v) is 1.18. The number of hydrogen-bond donors (Lipinski definition) is 0. The van der Waals surface area contributed by atoms with E-state index in [4.69, 9.17) is 4.43 Å². The van der Waals surface area contributed by atoms with E-state index in [1.54, 1.807) is 0 Å². The molecule has 0 spiro atoms. The first-order valence-electron chi connectivity index (χ1n) is 3.40. The minimum atomic E-state index is -0.0677. The van der Waals surface area contributed by atoms with E-state index in [1.807, 2.05) is 19.1 Å². The van der Waals surface area contributed by atoms with Crippen molar-refractivity contribution in [3.63, 3.8) is 0 Å². The monoisotopic (exact) mass is 156 g/mol. The third-order valence-electron chi connectivity index (χ3n) is 2.11. The van der Waals surface area contributed by atoms with Crippen molar-refractivity contribution in [3.8, 4) is 0 Å². The number of rotatable bonds is 4. The first-order valence-corrected chi connectivity index (χ1v) is 4.22. The van der Waals surface area contributed by atoms with Gasteiger partial charge in [0.25, 0.3) is 0 Å². The number of hydrogen-bond acceptors (Lipinski definition) is 1. The lowest BCUT2D eigenvalue weighted by Gasteiger charge is -2.28. The summed E-state index contributed by atoms with van der Waals surface area (Å²) in [6.07, 6.45) is 3.96. The molecule has 1 atom stereocenters. The molecule has 0 aliphatic heterocycles. The maximum atomic E-state index is 5.29. The second-order valence-electron chi connectivity index (χ2n) is 2.65. The normalized spacial score (nSPS) is 14.6. The zero-order valence-corrected chi connectivity index (χ0v) is 9.05. The van der Waals surface area contributed by atoms with Gasteiger partial charge in [0.2, 0.25) is 0 Å². The van der Waals surface area contributed by atoms with E-state index in [0.29, 0.717) is 0 Å². The average Bonchev–Trinajstić information content (AvgIpc) is 2.01. The van der Waals surface area contributed by atoms with Crippen molar-refractivity contribution in [1.82, 2.24) is 0 Å². The minimum Gasteiger partial charge on any atom is -0.424 e. The van der Waals surface area contributed by atoms with Gasteiger partial charge in [-0.05, 0) is 6.92 Å². The predicted molar refractivity (Wildman–Crippen MR) is 49.0 cm³/mol. The lowest BCUT2D eigenvalue weighted by molar-refractivity contribution is 0.157. The molecule has 0 rings (SSSR count). The Balaban J connectivity index is 4.30. The maximum Gasteiger partial charge on any atom is 0.146 e. The van der Waals surface area contributed by atoms with Crippen LogP contribution in [-0.4, -0.2) is 16.6 Å². The zero-order valence-electron chi connectivity index (χ0n) is 7.05. The summed E-state index contributed by atoms with van der Waals surface area (Å²) in [7, 11) is 0.767. The van der Waals surface area contributed by atoms with Gasteiger partial charge in [-0.25, -0.2) is 0 Å². The lowest BCUT2D eigenvalue weighted by atomic mass is 9.86. The highest BCUT2D eigenvalue weighted by Crippen LogP contribution is 2.25. The van der Waals surface area contributed by atoms with Crippen LogP contribution in [0.5, 0.6) is 0 Å². The van der Waals surface area contributed by atoms with Gasteiger partial charge in [0, 0.05) is 5.41 Å². The lowest BCUT2D eigenvalue weighted by Crippen LogP contribution is -2.27. The Kier molecular flexibility index (Phi) is 3.61. The van der Waals surface area contributed by atoms with Crippen LogP contribution >= 0.6 is 0 Å². The summed E-state index contributed by atoms with van der Waals surface area (Å²) in [6.45, 7) is 11.6. The summed E-state index contributed by atoms with van der Waals surface area (Å²) in [5, 5.41) is 0. The molecule has 2 heteroatoms. The highest BCUT2D eigenvalue weighted by molar-refractivity contribution is 5.98. The summed E-state index contributed by atoms with van der Waals surface area (Å²) in [5.74, 6) is 0. The quantitative estimate of drug-likeness (QED) is 0.437. The molecular formula is C8H16OSi. The summed E-state index contributed by atoms with van der Waals surface area (Å²) in [6, 6.07) is 0. The molecule has 0 aromatic carbocycles. The first kappa shape index (κ1) is 9.66. The molecule has 58 valence electrons. The van der Waals surface area contributed by atoms with Crippen LogP contribution in [0, 0.1) is 5.41 Å². The smallest absolute Gasteiger partial charge is 0.146 e. The van der Waals surface area contributed by atoms with Crippen molar-refractivity contribution in [2.24, 2.45) is 5.41 Å². The molecule has 0 aliphatic carbocycles. The molecule has 0 saturated carbocycles. The standard InChI is InChI=1S/C8H16OSi/c1-5-8(4,6-2)7(3)9-10/h5-7H,1-2H2,3-4,10H3. The van der Waals surface area contributed by atoms with Crippen molar-refractivity contribution in [2.75, 3.05) is 0 Å². The second-order valence-corrected chi connectivity index (χ2v) is 3.12. The second kappa shape index (κ2) is 3.74. The van der Waals surface area contributed by atoms with Crippen LogP contribution in [0.15, 0.2) is 25.3 Å². The van der Waals surface area contributed by atoms with Crippen LogP contribution in [0.25, 0.3) is 0 Å². The van der Waals surface area contributed by atoms with Crippen LogP contribution < -0.4 is 0 Å². The highest BCUT2D eigenvalue weighted by Gasteiger charge is 2.22.